The van der Waals surface area contributed by atoms with Crippen molar-refractivity contribution in [1.82, 2.24) is 20.0 Å². The van der Waals surface area contributed by atoms with Crippen molar-refractivity contribution in [2.45, 2.75) is 40.2 Å². The highest BCUT2D eigenvalue weighted by Gasteiger charge is 2.19. The first kappa shape index (κ1) is 18.7. The second-order valence-electron chi connectivity index (χ2n) is 7.98. The monoisotopic (exact) mass is 328 g/mol. The Labute approximate surface area is 146 Å². The van der Waals surface area contributed by atoms with Gasteiger partial charge in [0.15, 0.2) is 0 Å². The van der Waals surface area contributed by atoms with Crippen LogP contribution in [0.1, 0.15) is 44.9 Å². The number of benzene rings is 1. The van der Waals surface area contributed by atoms with E-state index in [9.17, 15) is 0 Å². The molecule has 0 amide bonds. The number of para-hydroxylation sites is 1. The predicted molar refractivity (Wildman–Crippen MR) is 102 cm³/mol. The normalized spacial score (nSPS) is 12.3. The van der Waals surface area contributed by atoms with Crippen LogP contribution in [0, 0.1) is 5.41 Å². The van der Waals surface area contributed by atoms with Crippen LogP contribution < -0.4 is 5.32 Å². The van der Waals surface area contributed by atoms with Crippen LogP contribution in [0.2, 0.25) is 0 Å². The Balaban J connectivity index is 2.08. The Morgan fingerprint density at radius 1 is 1.17 bits per heavy atom. The second kappa shape index (κ2) is 7.95. The molecule has 1 N–H and O–H groups in total. The molecule has 0 aliphatic carbocycles. The summed E-state index contributed by atoms with van der Waals surface area (Å²) in [5, 5.41) is 8.44. The van der Waals surface area contributed by atoms with Gasteiger partial charge in [-0.1, -0.05) is 45.9 Å². The van der Waals surface area contributed by atoms with Gasteiger partial charge in [0.2, 0.25) is 0 Å². The molecular formula is C20H32N4. The lowest BCUT2D eigenvalue weighted by molar-refractivity contribution is 0.232. The summed E-state index contributed by atoms with van der Waals surface area (Å²) in [6, 6.07) is 10.3. The van der Waals surface area contributed by atoms with E-state index in [-0.39, 0.29) is 5.41 Å². The maximum atomic E-state index is 4.81. The van der Waals surface area contributed by atoms with E-state index >= 15 is 0 Å². The minimum Gasteiger partial charge on any atom is -0.312 e. The minimum absolute atomic E-state index is 0.247. The molecule has 4 nitrogen and oxygen atoms in total. The van der Waals surface area contributed by atoms with Crippen LogP contribution in [0.3, 0.4) is 0 Å². The maximum Gasteiger partial charge on any atom is 0.0699 e. The van der Waals surface area contributed by atoms with Gasteiger partial charge in [-0.15, -0.1) is 0 Å². The molecule has 0 aliphatic rings. The number of hydrogen-bond acceptors (Lipinski definition) is 3. The molecule has 0 bridgehead atoms. The van der Waals surface area contributed by atoms with Crippen molar-refractivity contribution in [3.8, 4) is 5.69 Å². The van der Waals surface area contributed by atoms with Crippen molar-refractivity contribution in [3.05, 3.63) is 47.8 Å². The summed E-state index contributed by atoms with van der Waals surface area (Å²) in [5.74, 6) is 0.418. The van der Waals surface area contributed by atoms with Gasteiger partial charge in [0, 0.05) is 31.4 Å². The van der Waals surface area contributed by atoms with Gasteiger partial charge in [-0.2, -0.15) is 5.10 Å². The summed E-state index contributed by atoms with van der Waals surface area (Å²) in [4.78, 5) is 2.24. The van der Waals surface area contributed by atoms with Crippen molar-refractivity contribution < 1.29 is 0 Å². The molecule has 0 aliphatic heterocycles. The van der Waals surface area contributed by atoms with Crippen molar-refractivity contribution in [2.75, 3.05) is 27.2 Å². The number of hydrogen-bond donors (Lipinski definition) is 1. The number of nitrogens with zero attached hydrogens (tertiary/aromatic N) is 3. The Kier molecular flexibility index (Phi) is 6.19. The Morgan fingerprint density at radius 3 is 2.42 bits per heavy atom. The standard InChI is InChI=1S/C20H32N4/c1-16(2)19-17(12-21-14-20(3,4)15-23(5)6)13-24(22-19)18-10-8-7-9-11-18/h7-11,13,16,21H,12,14-15H2,1-6H3. The molecule has 0 atom stereocenters. The fourth-order valence-corrected chi connectivity index (χ4v) is 3.21. The predicted octanol–water partition coefficient (Wildman–Crippen LogP) is 3.67. The molecule has 0 saturated heterocycles. The van der Waals surface area contributed by atoms with E-state index < -0.39 is 0 Å². The molecule has 1 heterocycles. The average molecular weight is 329 g/mol. The SMILES string of the molecule is CC(C)c1nn(-c2ccccc2)cc1CNCC(C)(C)CN(C)C. The van der Waals surface area contributed by atoms with Crippen LogP contribution in [0.15, 0.2) is 36.5 Å². The molecule has 2 aromatic rings. The van der Waals surface area contributed by atoms with E-state index in [0.29, 0.717) is 5.92 Å². The van der Waals surface area contributed by atoms with Crippen LogP contribution in [-0.2, 0) is 6.54 Å². The van der Waals surface area contributed by atoms with Crippen LogP contribution in [0.5, 0.6) is 0 Å². The molecule has 4 heteroatoms. The van der Waals surface area contributed by atoms with Crippen molar-refractivity contribution in [2.24, 2.45) is 5.41 Å². The zero-order valence-corrected chi connectivity index (χ0v) is 16.0. The fourth-order valence-electron chi connectivity index (χ4n) is 3.21. The molecule has 0 fully saturated rings. The molecule has 1 aromatic heterocycles. The van der Waals surface area contributed by atoms with Crippen LogP contribution in [-0.4, -0.2) is 41.9 Å². The minimum atomic E-state index is 0.247. The molecule has 0 spiro atoms. The molecule has 0 unspecified atom stereocenters. The van der Waals surface area contributed by atoms with Gasteiger partial charge in [0.25, 0.3) is 0 Å². The smallest absolute Gasteiger partial charge is 0.0699 e. The van der Waals surface area contributed by atoms with Gasteiger partial charge in [-0.05, 0) is 37.6 Å². The third-order valence-corrected chi connectivity index (χ3v) is 4.05. The van der Waals surface area contributed by atoms with Crippen molar-refractivity contribution in [3.63, 3.8) is 0 Å². The molecule has 132 valence electrons. The van der Waals surface area contributed by atoms with Gasteiger partial charge in [0.1, 0.15) is 0 Å². The van der Waals surface area contributed by atoms with Crippen molar-refractivity contribution >= 4 is 0 Å². The molecule has 24 heavy (non-hydrogen) atoms. The lowest BCUT2D eigenvalue weighted by atomic mass is 9.93. The Bertz CT molecular complexity index is 626. The summed E-state index contributed by atoms with van der Waals surface area (Å²) < 4.78 is 2.00. The largest absolute Gasteiger partial charge is 0.312 e. The summed E-state index contributed by atoms with van der Waals surface area (Å²) in [5.41, 5.74) is 3.82. The molecule has 0 saturated carbocycles. The number of rotatable bonds is 8. The highest BCUT2D eigenvalue weighted by molar-refractivity contribution is 5.33. The van der Waals surface area contributed by atoms with E-state index in [2.05, 4.69) is 70.3 Å². The van der Waals surface area contributed by atoms with E-state index in [1.54, 1.807) is 0 Å². The van der Waals surface area contributed by atoms with Crippen LogP contribution in [0.4, 0.5) is 0 Å². The molecule has 0 radical (unpaired) electrons. The Morgan fingerprint density at radius 2 is 1.83 bits per heavy atom. The molecule has 2 rings (SSSR count). The third-order valence-electron chi connectivity index (χ3n) is 4.05. The van der Waals surface area contributed by atoms with Gasteiger partial charge < -0.3 is 10.2 Å². The van der Waals surface area contributed by atoms with Gasteiger partial charge >= 0.3 is 0 Å². The highest BCUT2D eigenvalue weighted by atomic mass is 15.3. The summed E-state index contributed by atoms with van der Waals surface area (Å²) in [6.07, 6.45) is 2.16. The Hall–Kier alpha value is -1.65. The second-order valence-corrected chi connectivity index (χ2v) is 7.98. The zero-order valence-electron chi connectivity index (χ0n) is 16.0. The lowest BCUT2D eigenvalue weighted by Gasteiger charge is -2.28. The lowest BCUT2D eigenvalue weighted by Crippen LogP contribution is -2.37. The quantitative estimate of drug-likeness (QED) is 0.802. The number of nitrogens with one attached hydrogen (secondary N) is 1. The van der Waals surface area contributed by atoms with E-state index in [1.807, 2.05) is 22.9 Å². The van der Waals surface area contributed by atoms with Crippen LogP contribution >= 0.6 is 0 Å². The first-order valence-corrected chi connectivity index (χ1v) is 8.78. The summed E-state index contributed by atoms with van der Waals surface area (Å²) in [6.45, 7) is 11.9. The highest BCUT2D eigenvalue weighted by Crippen LogP contribution is 2.21. The third kappa shape index (κ3) is 5.18. The van der Waals surface area contributed by atoms with Crippen LogP contribution in [0.25, 0.3) is 5.69 Å². The van der Waals surface area contributed by atoms with Gasteiger partial charge in [-0.3, -0.25) is 0 Å². The molecule has 1 aromatic carbocycles. The molecular weight excluding hydrogens is 296 g/mol. The van der Waals surface area contributed by atoms with Crippen molar-refractivity contribution in [1.29, 1.82) is 0 Å². The first-order valence-electron chi connectivity index (χ1n) is 8.78. The van der Waals surface area contributed by atoms with E-state index in [4.69, 9.17) is 5.10 Å². The first-order chi connectivity index (χ1) is 11.3. The maximum absolute atomic E-state index is 4.81. The summed E-state index contributed by atoms with van der Waals surface area (Å²) in [7, 11) is 4.25. The van der Waals surface area contributed by atoms with Gasteiger partial charge in [0.05, 0.1) is 11.4 Å². The zero-order chi connectivity index (χ0) is 17.7. The van der Waals surface area contributed by atoms with E-state index in [0.717, 1.165) is 25.3 Å². The fraction of sp³-hybridized carbons (Fsp3) is 0.550. The number of aromatic nitrogens is 2. The average Bonchev–Trinajstić information content (AvgIpc) is 2.91. The van der Waals surface area contributed by atoms with E-state index in [1.165, 1.54) is 11.3 Å². The summed E-state index contributed by atoms with van der Waals surface area (Å²) >= 11 is 0. The van der Waals surface area contributed by atoms with Gasteiger partial charge in [-0.25, -0.2) is 4.68 Å². The topological polar surface area (TPSA) is 33.1 Å².